The van der Waals surface area contributed by atoms with E-state index >= 15 is 0 Å². The molecule has 0 amide bonds. The summed E-state index contributed by atoms with van der Waals surface area (Å²) in [5, 5.41) is 10.9. The number of benzene rings is 2. The van der Waals surface area contributed by atoms with E-state index in [1.165, 1.54) is 17.4 Å². The topological polar surface area (TPSA) is 99.1 Å². The molecular weight excluding hydrogens is 408 g/mol. The molecule has 1 N–H and O–H groups in total. The number of aliphatic hydroxyl groups is 1. The molecule has 0 aliphatic rings. The predicted octanol–water partition coefficient (Wildman–Crippen LogP) is 2.68. The van der Waals surface area contributed by atoms with Crippen molar-refractivity contribution in [1.29, 1.82) is 0 Å². The molecule has 0 radical (unpaired) electrons. The Hall–Kier alpha value is -3.07. The van der Waals surface area contributed by atoms with Gasteiger partial charge in [0, 0.05) is 26.2 Å². The molecule has 1 aromatic heterocycles. The summed E-state index contributed by atoms with van der Waals surface area (Å²) in [6, 6.07) is 12.1. The third kappa shape index (κ3) is 5.29. The minimum Gasteiger partial charge on any atom is -0.460 e. The van der Waals surface area contributed by atoms with Crippen LogP contribution in [0.2, 0.25) is 0 Å². The molecule has 0 bridgehead atoms. The molecule has 0 aliphatic heterocycles. The summed E-state index contributed by atoms with van der Waals surface area (Å²) < 4.78 is 16.7. The average Bonchev–Trinajstić information content (AvgIpc) is 2.77. The Balaban J connectivity index is 1.57. The van der Waals surface area contributed by atoms with Crippen LogP contribution in [-0.4, -0.2) is 49.6 Å². The maximum Gasteiger partial charge on any atom is 0.338 e. The standard InChI is InChI=1S/C22H20O7S/c1-2-20(24)28-10-9-27-12-15(23)13-29-22(26)14-7-8-19-17(11-14)21(25)16-5-3-4-6-18(16)30-19/h2-8,11,15,23H,1,9-10,12-13H2. The fraction of sp³-hybridized carbons (Fsp3) is 0.227. The Morgan fingerprint density at radius 2 is 1.80 bits per heavy atom. The molecule has 3 rings (SSSR count). The van der Waals surface area contributed by atoms with Crippen molar-refractivity contribution in [1.82, 2.24) is 0 Å². The number of aliphatic hydroxyl groups excluding tert-OH is 1. The third-order valence-corrected chi connectivity index (χ3v) is 5.32. The van der Waals surface area contributed by atoms with E-state index in [1.807, 2.05) is 12.1 Å². The summed E-state index contributed by atoms with van der Waals surface area (Å²) in [6.45, 7) is 3.03. The summed E-state index contributed by atoms with van der Waals surface area (Å²) in [6.07, 6.45) is 0.00535. The van der Waals surface area contributed by atoms with Crippen molar-refractivity contribution < 1.29 is 28.9 Å². The van der Waals surface area contributed by atoms with Crippen molar-refractivity contribution in [3.05, 3.63) is 70.9 Å². The summed E-state index contributed by atoms with van der Waals surface area (Å²) in [7, 11) is 0. The molecule has 0 fully saturated rings. The molecule has 0 saturated carbocycles. The molecule has 30 heavy (non-hydrogen) atoms. The highest BCUT2D eigenvalue weighted by atomic mass is 32.1. The first-order chi connectivity index (χ1) is 14.5. The van der Waals surface area contributed by atoms with E-state index in [9.17, 15) is 19.5 Å². The molecule has 1 heterocycles. The second-order valence-electron chi connectivity index (χ2n) is 6.34. The van der Waals surface area contributed by atoms with Crippen molar-refractivity contribution in [2.75, 3.05) is 26.4 Å². The lowest BCUT2D eigenvalue weighted by Gasteiger charge is -2.12. The lowest BCUT2D eigenvalue weighted by molar-refractivity contribution is -0.139. The van der Waals surface area contributed by atoms with Gasteiger partial charge in [-0.2, -0.15) is 0 Å². The van der Waals surface area contributed by atoms with Crippen molar-refractivity contribution in [2.45, 2.75) is 6.10 Å². The van der Waals surface area contributed by atoms with E-state index in [0.29, 0.717) is 10.8 Å². The monoisotopic (exact) mass is 428 g/mol. The van der Waals surface area contributed by atoms with Gasteiger partial charge in [-0.15, -0.1) is 11.3 Å². The number of carbonyl (C=O) groups excluding carboxylic acids is 2. The van der Waals surface area contributed by atoms with Crippen LogP contribution in [0.5, 0.6) is 0 Å². The number of carbonyl (C=O) groups is 2. The number of fused-ring (bicyclic) bond motifs is 2. The van der Waals surface area contributed by atoms with Gasteiger partial charge in [0.25, 0.3) is 0 Å². The van der Waals surface area contributed by atoms with Crippen molar-refractivity contribution in [2.24, 2.45) is 0 Å². The van der Waals surface area contributed by atoms with E-state index in [1.54, 1.807) is 24.3 Å². The van der Waals surface area contributed by atoms with Gasteiger partial charge in [-0.05, 0) is 30.3 Å². The molecule has 0 saturated heterocycles. The number of esters is 2. The van der Waals surface area contributed by atoms with Crippen molar-refractivity contribution in [3.63, 3.8) is 0 Å². The normalized spacial score (nSPS) is 11.9. The molecule has 8 heteroatoms. The quantitative estimate of drug-likeness (QED) is 0.242. The fourth-order valence-electron chi connectivity index (χ4n) is 2.71. The van der Waals surface area contributed by atoms with Crippen LogP contribution in [0.15, 0.2) is 59.9 Å². The fourth-order valence-corrected chi connectivity index (χ4v) is 3.76. The van der Waals surface area contributed by atoms with Gasteiger partial charge in [0.1, 0.15) is 19.3 Å². The third-order valence-electron chi connectivity index (χ3n) is 4.17. The van der Waals surface area contributed by atoms with Gasteiger partial charge >= 0.3 is 11.9 Å². The molecular formula is C22H20O7S. The lowest BCUT2D eigenvalue weighted by atomic mass is 10.1. The average molecular weight is 428 g/mol. The summed E-state index contributed by atoms with van der Waals surface area (Å²) in [4.78, 5) is 35.9. The van der Waals surface area contributed by atoms with E-state index in [0.717, 1.165) is 15.5 Å². The Morgan fingerprint density at radius 3 is 2.60 bits per heavy atom. The number of hydrogen-bond donors (Lipinski definition) is 1. The summed E-state index contributed by atoms with van der Waals surface area (Å²) in [5.41, 5.74) is 0.0890. The van der Waals surface area contributed by atoms with Crippen molar-refractivity contribution in [3.8, 4) is 0 Å². The summed E-state index contributed by atoms with van der Waals surface area (Å²) in [5.74, 6) is -1.20. The highest BCUT2D eigenvalue weighted by Crippen LogP contribution is 2.25. The van der Waals surface area contributed by atoms with Crippen LogP contribution in [0.1, 0.15) is 10.4 Å². The maximum absolute atomic E-state index is 12.7. The largest absolute Gasteiger partial charge is 0.460 e. The minimum atomic E-state index is -1.04. The second kappa shape index (κ2) is 10.1. The Morgan fingerprint density at radius 1 is 1.03 bits per heavy atom. The van der Waals surface area contributed by atoms with Gasteiger partial charge in [-0.25, -0.2) is 9.59 Å². The zero-order valence-corrected chi connectivity index (χ0v) is 16.9. The highest BCUT2D eigenvalue weighted by Gasteiger charge is 2.14. The van der Waals surface area contributed by atoms with Gasteiger partial charge in [-0.3, -0.25) is 4.79 Å². The molecule has 1 unspecified atom stereocenters. The molecule has 0 aliphatic carbocycles. The Labute approximate surface area is 176 Å². The van der Waals surface area contributed by atoms with Gasteiger partial charge in [0.2, 0.25) is 0 Å². The second-order valence-corrected chi connectivity index (χ2v) is 7.42. The zero-order valence-electron chi connectivity index (χ0n) is 16.0. The van der Waals surface area contributed by atoms with Gasteiger partial charge < -0.3 is 19.3 Å². The van der Waals surface area contributed by atoms with Crippen LogP contribution in [0.3, 0.4) is 0 Å². The Kier molecular flexibility index (Phi) is 7.29. The van der Waals surface area contributed by atoms with Crippen LogP contribution in [0.4, 0.5) is 0 Å². The maximum atomic E-state index is 12.7. The van der Waals surface area contributed by atoms with E-state index in [2.05, 4.69) is 6.58 Å². The molecule has 2 aromatic carbocycles. The molecule has 1 atom stereocenters. The van der Waals surface area contributed by atoms with Crippen molar-refractivity contribution >= 4 is 43.4 Å². The highest BCUT2D eigenvalue weighted by molar-refractivity contribution is 7.24. The smallest absolute Gasteiger partial charge is 0.338 e. The number of ether oxygens (including phenoxy) is 3. The van der Waals surface area contributed by atoms with Gasteiger partial charge in [0.05, 0.1) is 18.8 Å². The minimum absolute atomic E-state index is 0.0294. The van der Waals surface area contributed by atoms with Crippen LogP contribution in [0.25, 0.3) is 20.2 Å². The number of rotatable bonds is 9. The zero-order chi connectivity index (χ0) is 21.5. The molecule has 7 nitrogen and oxygen atoms in total. The first-order valence-corrected chi connectivity index (χ1v) is 9.99. The van der Waals surface area contributed by atoms with E-state index in [-0.39, 0.29) is 37.4 Å². The first-order valence-electron chi connectivity index (χ1n) is 9.17. The van der Waals surface area contributed by atoms with Crippen LogP contribution in [-0.2, 0) is 19.0 Å². The molecule has 156 valence electrons. The van der Waals surface area contributed by atoms with Gasteiger partial charge in [-0.1, -0.05) is 18.7 Å². The van der Waals surface area contributed by atoms with Crippen LogP contribution in [0, 0.1) is 0 Å². The predicted molar refractivity (Wildman–Crippen MR) is 114 cm³/mol. The summed E-state index contributed by atoms with van der Waals surface area (Å²) >= 11 is 1.47. The van der Waals surface area contributed by atoms with Crippen LogP contribution >= 0.6 is 11.3 Å². The van der Waals surface area contributed by atoms with Crippen LogP contribution < -0.4 is 5.43 Å². The molecule has 3 aromatic rings. The van der Waals surface area contributed by atoms with Gasteiger partial charge in [0.15, 0.2) is 5.43 Å². The Bertz CT molecular complexity index is 1140. The molecule has 0 spiro atoms. The number of hydrogen-bond acceptors (Lipinski definition) is 8. The van der Waals surface area contributed by atoms with E-state index < -0.39 is 18.0 Å². The SMILES string of the molecule is C=CC(=O)OCCOCC(O)COC(=O)c1ccc2sc3ccccc3c(=O)c2c1. The van der Waals surface area contributed by atoms with E-state index in [4.69, 9.17) is 14.2 Å². The lowest BCUT2D eigenvalue weighted by Crippen LogP contribution is -2.25. The first kappa shape index (κ1) is 21.6.